The van der Waals surface area contributed by atoms with Gasteiger partial charge < -0.3 is 11.1 Å². The SMILES string of the molecule is CC.NCCCCC(NC1CCCc2cccnc21)C(=O)NCc1ccccn1. The van der Waals surface area contributed by atoms with Crippen LogP contribution >= 0.6 is 0 Å². The van der Waals surface area contributed by atoms with Gasteiger partial charge in [-0.1, -0.05) is 32.4 Å². The highest BCUT2D eigenvalue weighted by Gasteiger charge is 2.27. The molecule has 0 aromatic carbocycles. The Balaban J connectivity index is 0.00000145. The van der Waals surface area contributed by atoms with Crippen LogP contribution in [0, 0.1) is 0 Å². The molecule has 0 aliphatic heterocycles. The van der Waals surface area contributed by atoms with Gasteiger partial charge in [-0.15, -0.1) is 0 Å². The van der Waals surface area contributed by atoms with Crippen molar-refractivity contribution in [3.05, 3.63) is 59.7 Å². The van der Waals surface area contributed by atoms with Gasteiger partial charge in [-0.25, -0.2) is 0 Å². The van der Waals surface area contributed by atoms with Crippen LogP contribution in [0.1, 0.15) is 68.9 Å². The number of aryl methyl sites for hydroxylation is 1. The first-order valence-electron chi connectivity index (χ1n) is 10.9. The van der Waals surface area contributed by atoms with Gasteiger partial charge in [0.05, 0.1) is 30.0 Å². The third-order valence-electron chi connectivity index (χ3n) is 5.03. The van der Waals surface area contributed by atoms with Crippen molar-refractivity contribution < 1.29 is 4.79 Å². The van der Waals surface area contributed by atoms with Gasteiger partial charge in [-0.2, -0.15) is 0 Å². The number of fused-ring (bicyclic) bond motifs is 1. The number of carbonyl (C=O) groups is 1. The quantitative estimate of drug-likeness (QED) is 0.565. The van der Waals surface area contributed by atoms with Crippen molar-refractivity contribution in [3.8, 4) is 0 Å². The van der Waals surface area contributed by atoms with Crippen molar-refractivity contribution in [2.75, 3.05) is 6.54 Å². The lowest BCUT2D eigenvalue weighted by atomic mass is 9.91. The van der Waals surface area contributed by atoms with Gasteiger partial charge in [0.1, 0.15) is 0 Å². The Kier molecular flexibility index (Phi) is 10.3. The normalized spacial score (nSPS) is 16.2. The number of unbranched alkanes of at least 4 members (excludes halogenated alkanes) is 1. The lowest BCUT2D eigenvalue weighted by molar-refractivity contribution is -0.123. The summed E-state index contributed by atoms with van der Waals surface area (Å²) in [6, 6.07) is 9.71. The van der Waals surface area contributed by atoms with E-state index >= 15 is 0 Å². The fraction of sp³-hybridized carbons (Fsp3) is 0.522. The molecule has 1 aliphatic rings. The second kappa shape index (κ2) is 13.0. The average Bonchev–Trinajstić information content (AvgIpc) is 2.79. The molecule has 0 saturated heterocycles. The average molecular weight is 398 g/mol. The summed E-state index contributed by atoms with van der Waals surface area (Å²) in [5.41, 5.74) is 8.87. The molecular weight excluding hydrogens is 362 g/mol. The van der Waals surface area contributed by atoms with Crippen LogP contribution in [-0.2, 0) is 17.8 Å². The summed E-state index contributed by atoms with van der Waals surface area (Å²) in [5, 5.41) is 6.60. The van der Waals surface area contributed by atoms with Gasteiger partial charge in [0, 0.05) is 12.4 Å². The van der Waals surface area contributed by atoms with Crippen molar-refractivity contribution in [3.63, 3.8) is 0 Å². The number of nitrogens with one attached hydrogen (secondary N) is 2. The summed E-state index contributed by atoms with van der Waals surface area (Å²) >= 11 is 0. The predicted molar refractivity (Wildman–Crippen MR) is 117 cm³/mol. The zero-order valence-electron chi connectivity index (χ0n) is 17.7. The molecule has 1 amide bonds. The van der Waals surface area contributed by atoms with Gasteiger partial charge in [0.25, 0.3) is 0 Å². The van der Waals surface area contributed by atoms with E-state index in [1.807, 2.05) is 44.3 Å². The van der Waals surface area contributed by atoms with E-state index in [0.29, 0.717) is 13.1 Å². The zero-order chi connectivity index (χ0) is 20.9. The van der Waals surface area contributed by atoms with Crippen LogP contribution in [0.3, 0.4) is 0 Å². The Bertz CT molecular complexity index is 722. The third-order valence-corrected chi connectivity index (χ3v) is 5.03. The molecule has 0 radical (unpaired) electrons. The fourth-order valence-corrected chi connectivity index (χ4v) is 3.60. The maximum atomic E-state index is 12.8. The van der Waals surface area contributed by atoms with E-state index in [2.05, 4.69) is 26.7 Å². The van der Waals surface area contributed by atoms with Gasteiger partial charge in [0.15, 0.2) is 0 Å². The van der Waals surface area contributed by atoms with Gasteiger partial charge >= 0.3 is 0 Å². The molecule has 2 unspecified atom stereocenters. The van der Waals surface area contributed by atoms with Crippen molar-refractivity contribution in [2.24, 2.45) is 5.73 Å². The molecule has 158 valence electrons. The second-order valence-electron chi connectivity index (χ2n) is 7.04. The van der Waals surface area contributed by atoms with Crippen LogP contribution in [-0.4, -0.2) is 28.5 Å². The summed E-state index contributed by atoms with van der Waals surface area (Å²) < 4.78 is 0. The zero-order valence-corrected chi connectivity index (χ0v) is 17.7. The highest BCUT2D eigenvalue weighted by atomic mass is 16.2. The summed E-state index contributed by atoms with van der Waals surface area (Å²) in [5.74, 6) is 0.0146. The number of nitrogens with zero attached hydrogens (tertiary/aromatic N) is 2. The molecule has 0 bridgehead atoms. The van der Waals surface area contributed by atoms with Crippen LogP contribution < -0.4 is 16.4 Å². The lowest BCUT2D eigenvalue weighted by Crippen LogP contribution is -2.46. The van der Waals surface area contributed by atoms with E-state index in [-0.39, 0.29) is 18.0 Å². The molecule has 0 fully saturated rings. The Labute approximate surface area is 174 Å². The number of pyridine rings is 2. The number of hydrogen-bond acceptors (Lipinski definition) is 5. The maximum Gasteiger partial charge on any atom is 0.237 e. The molecule has 2 heterocycles. The molecule has 0 saturated carbocycles. The topological polar surface area (TPSA) is 92.9 Å². The summed E-state index contributed by atoms with van der Waals surface area (Å²) in [4.78, 5) is 21.7. The minimum Gasteiger partial charge on any atom is -0.349 e. The number of carbonyl (C=O) groups excluding carboxylic acids is 1. The first-order valence-corrected chi connectivity index (χ1v) is 10.9. The number of amides is 1. The second-order valence-corrected chi connectivity index (χ2v) is 7.04. The van der Waals surface area contributed by atoms with E-state index in [4.69, 9.17) is 5.73 Å². The molecule has 6 nitrogen and oxygen atoms in total. The number of rotatable bonds is 9. The molecule has 2 atom stereocenters. The molecule has 1 aliphatic carbocycles. The van der Waals surface area contributed by atoms with Gasteiger partial charge in [0.2, 0.25) is 5.91 Å². The van der Waals surface area contributed by atoms with E-state index in [9.17, 15) is 4.79 Å². The minimum atomic E-state index is -0.252. The van der Waals surface area contributed by atoms with Crippen molar-refractivity contribution in [1.29, 1.82) is 0 Å². The highest BCUT2D eigenvalue weighted by Crippen LogP contribution is 2.28. The van der Waals surface area contributed by atoms with Crippen molar-refractivity contribution >= 4 is 5.91 Å². The predicted octanol–water partition coefficient (Wildman–Crippen LogP) is 3.28. The summed E-state index contributed by atoms with van der Waals surface area (Å²) in [7, 11) is 0. The Hall–Kier alpha value is -2.31. The Morgan fingerprint density at radius 2 is 2.00 bits per heavy atom. The molecular formula is C23H35N5O. The molecule has 2 aromatic heterocycles. The molecule has 29 heavy (non-hydrogen) atoms. The largest absolute Gasteiger partial charge is 0.349 e. The molecule has 0 spiro atoms. The van der Waals surface area contributed by atoms with Crippen molar-refractivity contribution in [1.82, 2.24) is 20.6 Å². The minimum absolute atomic E-state index is 0.0146. The molecule has 6 heteroatoms. The maximum absolute atomic E-state index is 12.8. The first kappa shape index (κ1) is 23.0. The highest BCUT2D eigenvalue weighted by molar-refractivity contribution is 5.81. The Morgan fingerprint density at radius 3 is 2.76 bits per heavy atom. The number of aromatic nitrogens is 2. The van der Waals surface area contributed by atoms with Gasteiger partial charge in [-0.05, 0) is 62.4 Å². The van der Waals surface area contributed by atoms with Crippen LogP contribution in [0.15, 0.2) is 42.7 Å². The van der Waals surface area contributed by atoms with E-state index < -0.39 is 0 Å². The van der Waals surface area contributed by atoms with E-state index in [0.717, 1.165) is 49.9 Å². The van der Waals surface area contributed by atoms with Crippen LogP contribution in [0.25, 0.3) is 0 Å². The van der Waals surface area contributed by atoms with Crippen LogP contribution in [0.2, 0.25) is 0 Å². The van der Waals surface area contributed by atoms with Crippen LogP contribution in [0.4, 0.5) is 0 Å². The Morgan fingerprint density at radius 1 is 1.17 bits per heavy atom. The molecule has 4 N–H and O–H groups in total. The van der Waals surface area contributed by atoms with Crippen LogP contribution in [0.5, 0.6) is 0 Å². The standard InChI is InChI=1S/C21H29N5O.C2H6/c22-12-3-1-10-19(21(27)25-15-17-9-2-4-13-23-17)26-18-11-5-7-16-8-6-14-24-20(16)18;1-2/h2,4,6,8-9,13-14,18-19,26H,1,3,5,7,10-12,15,22H2,(H,25,27);1-2H3. The first-order chi connectivity index (χ1) is 14.3. The molecule has 3 rings (SSSR count). The van der Waals surface area contributed by atoms with E-state index in [1.54, 1.807) is 6.20 Å². The lowest BCUT2D eigenvalue weighted by Gasteiger charge is -2.29. The number of hydrogen-bond donors (Lipinski definition) is 3. The fourth-order valence-electron chi connectivity index (χ4n) is 3.60. The smallest absolute Gasteiger partial charge is 0.237 e. The third kappa shape index (κ3) is 7.22. The van der Waals surface area contributed by atoms with E-state index in [1.165, 1.54) is 5.56 Å². The summed E-state index contributed by atoms with van der Waals surface area (Å²) in [6.45, 7) is 5.09. The monoisotopic (exact) mass is 397 g/mol. The summed E-state index contributed by atoms with van der Waals surface area (Å²) in [6.07, 6.45) is 9.37. The number of nitrogens with two attached hydrogens (primary N) is 1. The van der Waals surface area contributed by atoms with Crippen molar-refractivity contribution in [2.45, 2.75) is 71.0 Å². The van der Waals surface area contributed by atoms with Gasteiger partial charge in [-0.3, -0.25) is 20.1 Å². The molecule has 2 aromatic rings.